The van der Waals surface area contributed by atoms with Gasteiger partial charge in [-0.3, -0.25) is 0 Å². The molecule has 0 aliphatic carbocycles. The van der Waals surface area contributed by atoms with Crippen LogP contribution >= 0.6 is 0 Å². The van der Waals surface area contributed by atoms with E-state index >= 15 is 0 Å². The molecule has 0 aromatic carbocycles. The molecule has 0 saturated heterocycles. The molecule has 0 saturated carbocycles. The van der Waals surface area contributed by atoms with E-state index in [2.05, 4.69) is 9.97 Å². The molecule has 6 nitrogen and oxygen atoms in total. The minimum Gasteiger partial charge on any atom is -0.476 e. The van der Waals surface area contributed by atoms with Crippen LogP contribution in [-0.4, -0.2) is 45.8 Å². The molecule has 1 aromatic heterocycles. The molecule has 82 valence electrons. The topological polar surface area (TPSA) is 86.5 Å². The smallest absolute Gasteiger partial charge is 0.356 e. The van der Waals surface area contributed by atoms with Gasteiger partial charge in [0.05, 0.1) is 25.0 Å². The molecular formula is C9H13N3O3. The Morgan fingerprint density at radius 2 is 2.20 bits per heavy atom. The Bertz CT molecular complexity index is 339. The fourth-order valence-electron chi connectivity index (χ4n) is 0.962. The first-order valence-corrected chi connectivity index (χ1v) is 4.45. The summed E-state index contributed by atoms with van der Waals surface area (Å²) in [5.41, 5.74) is -0.0937. The van der Waals surface area contributed by atoms with E-state index in [1.54, 1.807) is 11.9 Å². The zero-order valence-electron chi connectivity index (χ0n) is 8.58. The van der Waals surface area contributed by atoms with E-state index in [0.29, 0.717) is 5.82 Å². The average Bonchev–Trinajstić information content (AvgIpc) is 2.27. The van der Waals surface area contributed by atoms with E-state index in [4.69, 9.17) is 10.2 Å². The summed E-state index contributed by atoms with van der Waals surface area (Å²) in [5, 5.41) is 17.5. The molecule has 1 heterocycles. The highest BCUT2D eigenvalue weighted by Crippen LogP contribution is 2.09. The van der Waals surface area contributed by atoms with Crippen LogP contribution in [0.2, 0.25) is 0 Å². The Kier molecular flexibility index (Phi) is 3.56. The average molecular weight is 211 g/mol. The molecule has 0 aliphatic rings. The highest BCUT2D eigenvalue weighted by molar-refractivity contribution is 5.84. The SMILES string of the molecule is CC(CO)N(C)c1cnc(C(=O)O)cn1. The van der Waals surface area contributed by atoms with Gasteiger partial charge in [-0.05, 0) is 6.92 Å². The standard InChI is InChI=1S/C9H13N3O3/c1-6(5-13)12(2)8-4-10-7(3-11-8)9(14)15/h3-4,6,13H,5H2,1-2H3,(H,14,15). The molecule has 1 rings (SSSR count). The predicted molar refractivity (Wildman–Crippen MR) is 53.9 cm³/mol. The Labute approximate surface area is 87.2 Å². The third kappa shape index (κ3) is 2.63. The number of carboxylic acids is 1. The van der Waals surface area contributed by atoms with Crippen LogP contribution in [0, 0.1) is 0 Å². The Hall–Kier alpha value is -1.69. The van der Waals surface area contributed by atoms with Crippen LogP contribution in [0.1, 0.15) is 17.4 Å². The maximum Gasteiger partial charge on any atom is 0.356 e. The third-order valence-corrected chi connectivity index (χ3v) is 2.14. The zero-order valence-corrected chi connectivity index (χ0v) is 8.58. The minimum absolute atomic E-state index is 0.00113. The van der Waals surface area contributed by atoms with E-state index in [0.717, 1.165) is 0 Å². The largest absolute Gasteiger partial charge is 0.476 e. The first kappa shape index (κ1) is 11.4. The number of hydrogen-bond acceptors (Lipinski definition) is 5. The lowest BCUT2D eigenvalue weighted by atomic mass is 10.3. The molecule has 0 amide bonds. The summed E-state index contributed by atoms with van der Waals surface area (Å²) in [6, 6.07) is -0.0880. The number of aliphatic hydroxyl groups is 1. The zero-order chi connectivity index (χ0) is 11.4. The van der Waals surface area contributed by atoms with Gasteiger partial charge in [0.25, 0.3) is 0 Å². The van der Waals surface area contributed by atoms with Crippen molar-refractivity contribution in [3.63, 3.8) is 0 Å². The number of anilines is 1. The molecule has 0 spiro atoms. The summed E-state index contributed by atoms with van der Waals surface area (Å²) in [6.45, 7) is 1.83. The Morgan fingerprint density at radius 1 is 1.53 bits per heavy atom. The van der Waals surface area contributed by atoms with Gasteiger partial charge < -0.3 is 15.1 Å². The molecule has 1 unspecified atom stereocenters. The Morgan fingerprint density at radius 3 is 2.60 bits per heavy atom. The van der Waals surface area contributed by atoms with Crippen LogP contribution in [0.15, 0.2) is 12.4 Å². The third-order valence-electron chi connectivity index (χ3n) is 2.14. The first-order chi connectivity index (χ1) is 7.06. The number of hydrogen-bond donors (Lipinski definition) is 2. The number of aromatic nitrogens is 2. The molecule has 0 fully saturated rings. The van der Waals surface area contributed by atoms with Crippen molar-refractivity contribution < 1.29 is 15.0 Å². The van der Waals surface area contributed by atoms with Gasteiger partial charge in [0.2, 0.25) is 0 Å². The molecule has 6 heteroatoms. The van der Waals surface area contributed by atoms with Gasteiger partial charge in [-0.25, -0.2) is 14.8 Å². The lowest BCUT2D eigenvalue weighted by Gasteiger charge is -2.23. The van der Waals surface area contributed by atoms with Crippen molar-refractivity contribution in [2.45, 2.75) is 13.0 Å². The number of likely N-dealkylation sites (N-methyl/N-ethyl adjacent to an activating group) is 1. The minimum atomic E-state index is -1.10. The van der Waals surface area contributed by atoms with E-state index < -0.39 is 5.97 Å². The van der Waals surface area contributed by atoms with Crippen molar-refractivity contribution >= 4 is 11.8 Å². The van der Waals surface area contributed by atoms with Gasteiger partial charge in [0, 0.05) is 7.05 Å². The van der Waals surface area contributed by atoms with Crippen LogP contribution in [0.4, 0.5) is 5.82 Å². The summed E-state index contributed by atoms with van der Waals surface area (Å²) >= 11 is 0. The number of carboxylic acid groups (broad SMARTS) is 1. The second kappa shape index (κ2) is 4.70. The van der Waals surface area contributed by atoms with Gasteiger partial charge in [-0.15, -0.1) is 0 Å². The van der Waals surface area contributed by atoms with Crippen LogP contribution < -0.4 is 4.90 Å². The quantitative estimate of drug-likeness (QED) is 0.728. The molecule has 2 N–H and O–H groups in total. The molecule has 1 atom stereocenters. The normalized spacial score (nSPS) is 12.2. The van der Waals surface area contributed by atoms with Crippen LogP contribution in [-0.2, 0) is 0 Å². The van der Waals surface area contributed by atoms with E-state index in [9.17, 15) is 4.79 Å². The summed E-state index contributed by atoms with van der Waals surface area (Å²) in [6.07, 6.45) is 2.56. The monoisotopic (exact) mass is 211 g/mol. The molecule has 0 aliphatic heterocycles. The second-order valence-electron chi connectivity index (χ2n) is 3.21. The number of carbonyl (C=O) groups is 1. The van der Waals surface area contributed by atoms with Crippen LogP contribution in [0.3, 0.4) is 0 Å². The van der Waals surface area contributed by atoms with Gasteiger partial charge >= 0.3 is 5.97 Å². The van der Waals surface area contributed by atoms with Gasteiger partial charge in [0.1, 0.15) is 5.82 Å². The maximum absolute atomic E-state index is 10.5. The number of aliphatic hydroxyl groups excluding tert-OH is 1. The number of rotatable bonds is 4. The second-order valence-corrected chi connectivity index (χ2v) is 3.21. The summed E-state index contributed by atoms with van der Waals surface area (Å²) in [4.78, 5) is 19.9. The van der Waals surface area contributed by atoms with Crippen LogP contribution in [0.5, 0.6) is 0 Å². The summed E-state index contributed by atoms with van der Waals surface area (Å²) in [7, 11) is 1.76. The summed E-state index contributed by atoms with van der Waals surface area (Å²) in [5.74, 6) is -0.576. The van der Waals surface area contributed by atoms with Crippen LogP contribution in [0.25, 0.3) is 0 Å². The van der Waals surface area contributed by atoms with Gasteiger partial charge in [-0.1, -0.05) is 0 Å². The van der Waals surface area contributed by atoms with Crippen molar-refractivity contribution in [1.29, 1.82) is 0 Å². The Balaban J connectivity index is 2.84. The van der Waals surface area contributed by atoms with Gasteiger partial charge in [-0.2, -0.15) is 0 Å². The number of aromatic carboxylic acids is 1. The van der Waals surface area contributed by atoms with Crippen molar-refractivity contribution in [2.75, 3.05) is 18.6 Å². The highest BCUT2D eigenvalue weighted by Gasteiger charge is 2.11. The molecule has 1 aromatic rings. The molecule has 0 bridgehead atoms. The first-order valence-electron chi connectivity index (χ1n) is 4.45. The molecule has 15 heavy (non-hydrogen) atoms. The van der Waals surface area contributed by atoms with E-state index in [1.165, 1.54) is 12.4 Å². The molecular weight excluding hydrogens is 198 g/mol. The van der Waals surface area contributed by atoms with Crippen molar-refractivity contribution in [3.05, 3.63) is 18.1 Å². The van der Waals surface area contributed by atoms with Crippen molar-refractivity contribution in [2.24, 2.45) is 0 Å². The number of nitrogens with zero attached hydrogens (tertiary/aromatic N) is 3. The van der Waals surface area contributed by atoms with Gasteiger partial charge in [0.15, 0.2) is 5.69 Å². The maximum atomic E-state index is 10.5. The highest BCUT2D eigenvalue weighted by atomic mass is 16.4. The van der Waals surface area contributed by atoms with Crippen molar-refractivity contribution in [3.8, 4) is 0 Å². The lowest BCUT2D eigenvalue weighted by molar-refractivity contribution is 0.0690. The predicted octanol–water partition coefficient (Wildman–Crippen LogP) is -0.00820. The fourth-order valence-corrected chi connectivity index (χ4v) is 0.962. The van der Waals surface area contributed by atoms with Crippen molar-refractivity contribution in [1.82, 2.24) is 9.97 Å². The lowest BCUT2D eigenvalue weighted by Crippen LogP contribution is -2.32. The summed E-state index contributed by atoms with van der Waals surface area (Å²) < 4.78 is 0. The molecule has 0 radical (unpaired) electrons. The fraction of sp³-hybridized carbons (Fsp3) is 0.444. The van der Waals surface area contributed by atoms with E-state index in [1.807, 2.05) is 6.92 Å². The van der Waals surface area contributed by atoms with E-state index in [-0.39, 0.29) is 18.3 Å².